The Kier molecular flexibility index (Phi) is 11.1. The summed E-state index contributed by atoms with van der Waals surface area (Å²) in [6.07, 6.45) is 4.61. The van der Waals surface area contributed by atoms with Crippen molar-refractivity contribution in [2.24, 2.45) is 5.92 Å². The van der Waals surface area contributed by atoms with Crippen molar-refractivity contribution in [3.05, 3.63) is 138 Å². The van der Waals surface area contributed by atoms with Gasteiger partial charge in [0.25, 0.3) is 0 Å². The lowest BCUT2D eigenvalue weighted by Gasteiger charge is -2.33. The van der Waals surface area contributed by atoms with Gasteiger partial charge in [0.15, 0.2) is 5.11 Å². The minimum absolute atomic E-state index is 0.0554. The van der Waals surface area contributed by atoms with Gasteiger partial charge < -0.3 is 20.1 Å². The summed E-state index contributed by atoms with van der Waals surface area (Å²) in [4.78, 5) is 20.1. The zero-order valence-electron chi connectivity index (χ0n) is 26.4. The fourth-order valence-electron chi connectivity index (χ4n) is 5.57. The molecule has 1 aromatic heterocycles. The minimum atomic E-state index is -0.126. The van der Waals surface area contributed by atoms with Gasteiger partial charge >= 0.3 is 0 Å². The van der Waals surface area contributed by atoms with Crippen LogP contribution in [0.25, 0.3) is 10.8 Å². The van der Waals surface area contributed by atoms with Crippen LogP contribution in [-0.2, 0) is 30.8 Å². The van der Waals surface area contributed by atoms with E-state index in [0.29, 0.717) is 36.9 Å². The second kappa shape index (κ2) is 15.8. The Balaban J connectivity index is 1.32. The van der Waals surface area contributed by atoms with E-state index in [4.69, 9.17) is 17.5 Å². The van der Waals surface area contributed by atoms with Gasteiger partial charge in [0.2, 0.25) is 5.91 Å². The van der Waals surface area contributed by atoms with Gasteiger partial charge in [-0.05, 0) is 57.7 Å². The number of nitriles is 1. The number of rotatable bonds is 13. The fraction of sp³-hybridized carbons (Fsp3) is 0.263. The highest BCUT2D eigenvalue weighted by Crippen LogP contribution is 2.21. The molecule has 8 heteroatoms. The maximum atomic E-state index is 13.6. The molecule has 0 aliphatic heterocycles. The topological polar surface area (TPSA) is 86.0 Å². The molecule has 7 nitrogen and oxygen atoms in total. The normalized spacial score (nSPS) is 12.2. The second-order valence-electron chi connectivity index (χ2n) is 11.7. The highest BCUT2D eigenvalue weighted by atomic mass is 32.1. The molecule has 234 valence electrons. The molecule has 0 saturated heterocycles. The summed E-state index contributed by atoms with van der Waals surface area (Å²) >= 11 is 6.01. The molecule has 5 rings (SSSR count). The number of imidazole rings is 1. The second-order valence-corrected chi connectivity index (χ2v) is 12.1. The third-order valence-corrected chi connectivity index (χ3v) is 8.89. The Morgan fingerprint density at radius 3 is 2.48 bits per heavy atom. The Morgan fingerprint density at radius 1 is 0.978 bits per heavy atom. The fourth-order valence-corrected chi connectivity index (χ4v) is 5.78. The first-order chi connectivity index (χ1) is 22.4. The molecule has 0 radical (unpaired) electrons. The first-order valence-electron chi connectivity index (χ1n) is 15.7. The molecule has 0 bridgehead atoms. The van der Waals surface area contributed by atoms with Gasteiger partial charge in [-0.1, -0.05) is 105 Å². The largest absolute Gasteiger partial charge is 0.358 e. The van der Waals surface area contributed by atoms with Crippen LogP contribution in [0, 0.1) is 17.2 Å². The first kappa shape index (κ1) is 32.4. The molecule has 1 amide bonds. The molecule has 46 heavy (non-hydrogen) atoms. The molecular weight excluding hydrogens is 589 g/mol. The zero-order chi connectivity index (χ0) is 32.3. The summed E-state index contributed by atoms with van der Waals surface area (Å²) in [6.45, 7) is 6.70. The molecule has 2 N–H and O–H groups in total. The van der Waals surface area contributed by atoms with Crippen LogP contribution in [0.2, 0.25) is 0 Å². The Labute approximate surface area is 276 Å². The SMILES string of the molecule is CC[C@H](C)[C@@H](CN(Cc1cccc2ccccc12)C(=S)NCc1ccccc1)NC(=O)Cc1cncn1Cc1ccc(C#N)cc1. The number of hydrogen-bond acceptors (Lipinski definition) is 4. The zero-order valence-corrected chi connectivity index (χ0v) is 27.2. The van der Waals surface area contributed by atoms with Crippen LogP contribution < -0.4 is 10.6 Å². The molecule has 2 atom stereocenters. The molecule has 0 saturated carbocycles. The van der Waals surface area contributed by atoms with Crippen molar-refractivity contribution in [1.82, 2.24) is 25.1 Å². The lowest BCUT2D eigenvalue weighted by atomic mass is 9.97. The highest BCUT2D eigenvalue weighted by molar-refractivity contribution is 7.80. The van der Waals surface area contributed by atoms with Crippen molar-refractivity contribution < 1.29 is 4.79 Å². The van der Waals surface area contributed by atoms with Crippen LogP contribution in [0.5, 0.6) is 0 Å². The summed E-state index contributed by atoms with van der Waals surface area (Å²) in [6, 6.07) is 34.5. The van der Waals surface area contributed by atoms with Gasteiger partial charge in [0, 0.05) is 44.1 Å². The van der Waals surface area contributed by atoms with E-state index in [1.54, 1.807) is 24.7 Å². The number of hydrogen-bond donors (Lipinski definition) is 2. The van der Waals surface area contributed by atoms with E-state index in [0.717, 1.165) is 23.2 Å². The lowest BCUT2D eigenvalue weighted by molar-refractivity contribution is -0.121. The molecule has 4 aromatic carbocycles. The number of nitrogens with one attached hydrogen (secondary N) is 2. The van der Waals surface area contributed by atoms with Gasteiger partial charge in [-0.15, -0.1) is 0 Å². The van der Waals surface area contributed by atoms with E-state index in [-0.39, 0.29) is 24.3 Å². The lowest BCUT2D eigenvalue weighted by Crippen LogP contribution is -2.51. The Bertz CT molecular complexity index is 1790. The number of fused-ring (bicyclic) bond motifs is 1. The van der Waals surface area contributed by atoms with Crippen LogP contribution in [-0.4, -0.2) is 38.1 Å². The van der Waals surface area contributed by atoms with Crippen molar-refractivity contribution in [2.75, 3.05) is 6.54 Å². The summed E-state index contributed by atoms with van der Waals surface area (Å²) < 4.78 is 1.98. The van der Waals surface area contributed by atoms with E-state index < -0.39 is 0 Å². The maximum Gasteiger partial charge on any atom is 0.226 e. The van der Waals surface area contributed by atoms with Crippen molar-refractivity contribution in [3.8, 4) is 6.07 Å². The van der Waals surface area contributed by atoms with E-state index in [1.807, 2.05) is 34.9 Å². The average molecular weight is 629 g/mol. The van der Waals surface area contributed by atoms with Gasteiger partial charge in [-0.25, -0.2) is 4.98 Å². The molecule has 1 heterocycles. The number of amides is 1. The standard InChI is InChI=1S/C38H40N6OS/c1-3-28(2)36(42-37(45)20-34-23-40-27-44(34)24-31-18-16-29(21-39)17-19-31)26-43(38(46)41-22-30-10-5-4-6-11-30)25-33-14-9-13-32-12-7-8-15-35(32)33/h4-19,23,27-28,36H,3,20,22,24-26H2,1-2H3,(H,41,46)(H,42,45)/t28-,36+/m0/s1. The van der Waals surface area contributed by atoms with E-state index in [9.17, 15) is 4.79 Å². The number of nitrogens with zero attached hydrogens (tertiary/aromatic N) is 4. The predicted octanol–water partition coefficient (Wildman–Crippen LogP) is 6.61. The van der Waals surface area contributed by atoms with Gasteiger partial charge in [-0.2, -0.15) is 5.26 Å². The predicted molar refractivity (Wildman–Crippen MR) is 188 cm³/mol. The maximum absolute atomic E-state index is 13.6. The molecular formula is C38H40N6OS. The number of carbonyl (C=O) groups excluding carboxylic acids is 1. The van der Waals surface area contributed by atoms with Gasteiger partial charge in [0.05, 0.1) is 24.4 Å². The Morgan fingerprint density at radius 2 is 1.72 bits per heavy atom. The van der Waals surface area contributed by atoms with Crippen LogP contribution >= 0.6 is 12.2 Å². The third kappa shape index (κ3) is 8.58. The van der Waals surface area contributed by atoms with Crippen LogP contribution in [0.15, 0.2) is 110 Å². The molecule has 0 aliphatic carbocycles. The summed E-state index contributed by atoms with van der Waals surface area (Å²) in [7, 11) is 0. The van der Waals surface area contributed by atoms with Crippen LogP contribution in [0.1, 0.15) is 48.2 Å². The monoisotopic (exact) mass is 628 g/mol. The van der Waals surface area contributed by atoms with Crippen LogP contribution in [0.3, 0.4) is 0 Å². The highest BCUT2D eigenvalue weighted by Gasteiger charge is 2.24. The molecule has 0 aliphatic rings. The van der Waals surface area contributed by atoms with E-state index >= 15 is 0 Å². The van der Waals surface area contributed by atoms with Crippen molar-refractivity contribution in [2.45, 2.75) is 52.4 Å². The van der Waals surface area contributed by atoms with Gasteiger partial charge in [0.1, 0.15) is 0 Å². The van der Waals surface area contributed by atoms with E-state index in [2.05, 4.69) is 95.0 Å². The number of carbonyl (C=O) groups is 1. The van der Waals surface area contributed by atoms with Gasteiger partial charge in [-0.3, -0.25) is 4.79 Å². The minimum Gasteiger partial charge on any atom is -0.358 e. The molecule has 0 fully saturated rings. The number of aromatic nitrogens is 2. The number of thiocarbonyl (C=S) groups is 1. The molecule has 0 unspecified atom stereocenters. The summed E-state index contributed by atoms with van der Waals surface area (Å²) in [5.41, 5.74) is 4.82. The average Bonchev–Trinajstić information content (AvgIpc) is 3.52. The smallest absolute Gasteiger partial charge is 0.226 e. The Hall–Kier alpha value is -5.00. The van der Waals surface area contributed by atoms with Crippen molar-refractivity contribution in [1.29, 1.82) is 5.26 Å². The summed E-state index contributed by atoms with van der Waals surface area (Å²) in [5.74, 6) is 0.166. The molecule has 0 spiro atoms. The van der Waals surface area contributed by atoms with Crippen molar-refractivity contribution >= 4 is 34.0 Å². The summed E-state index contributed by atoms with van der Waals surface area (Å²) in [5, 5.41) is 19.0. The first-order valence-corrected chi connectivity index (χ1v) is 16.1. The molecule has 5 aromatic rings. The van der Waals surface area contributed by atoms with Crippen LogP contribution in [0.4, 0.5) is 0 Å². The quantitative estimate of drug-likeness (QED) is 0.143. The van der Waals surface area contributed by atoms with E-state index in [1.165, 1.54) is 16.3 Å². The third-order valence-electron chi connectivity index (χ3n) is 8.49. The van der Waals surface area contributed by atoms with Crippen molar-refractivity contribution in [3.63, 3.8) is 0 Å². The number of benzene rings is 4.